The number of pyridine rings is 1. The van der Waals surface area contributed by atoms with Crippen LogP contribution in [0.15, 0.2) is 18.3 Å². The third-order valence-electron chi connectivity index (χ3n) is 4.55. The fourth-order valence-corrected chi connectivity index (χ4v) is 3.23. The first-order valence-electron chi connectivity index (χ1n) is 7.83. The fourth-order valence-electron chi connectivity index (χ4n) is 3.23. The normalized spacial score (nSPS) is 22.4. The Morgan fingerprint density at radius 3 is 3.00 bits per heavy atom. The lowest BCUT2D eigenvalue weighted by Gasteiger charge is -2.20. The Balaban J connectivity index is 1.54. The Kier molecular flexibility index (Phi) is 3.10. The van der Waals surface area contributed by atoms with Crippen LogP contribution in [0.4, 0.5) is 10.2 Å². The molecule has 2 fully saturated rings. The number of aromatic nitrogens is 2. The van der Waals surface area contributed by atoms with Crippen LogP contribution in [0, 0.1) is 18.7 Å². The molecule has 0 radical (unpaired) electrons. The topological polar surface area (TPSA) is 32.6 Å². The average Bonchev–Trinajstić information content (AvgIpc) is 3.03. The second kappa shape index (κ2) is 4.98. The number of hydrogen-bond donors (Lipinski definition) is 1. The van der Waals surface area contributed by atoms with Crippen molar-refractivity contribution in [2.24, 2.45) is 5.92 Å². The second-order valence-electron chi connectivity index (χ2n) is 6.40. The van der Waals surface area contributed by atoms with Crippen molar-refractivity contribution in [2.75, 3.05) is 24.5 Å². The third kappa shape index (κ3) is 2.50. The quantitative estimate of drug-likeness (QED) is 0.937. The predicted octanol–water partition coefficient (Wildman–Crippen LogP) is 2.36. The second-order valence-corrected chi connectivity index (χ2v) is 6.40. The van der Waals surface area contributed by atoms with Crippen molar-refractivity contribution in [3.05, 3.63) is 29.8 Å². The number of hydrogen-bond acceptors (Lipinski definition) is 3. The Hall–Kier alpha value is -1.62. The molecule has 1 aliphatic carbocycles. The van der Waals surface area contributed by atoms with E-state index in [0.29, 0.717) is 11.6 Å². The van der Waals surface area contributed by atoms with Gasteiger partial charge in [-0.2, -0.15) is 0 Å². The minimum absolute atomic E-state index is 0.252. The standard InChI is InChI=1S/C16H21FN4/c1-11-9-21-15(5-4-14(17)16(21)19-11)20-7-6-12(10-20)8-18-13-2-3-13/h4-5,9,12-13,18H,2-3,6-8,10H2,1H3/t12-/m1/s1. The zero-order valence-electron chi connectivity index (χ0n) is 12.3. The maximum atomic E-state index is 13.8. The van der Waals surface area contributed by atoms with Crippen LogP contribution in [-0.2, 0) is 0 Å². The number of rotatable bonds is 4. The summed E-state index contributed by atoms with van der Waals surface area (Å²) in [6.07, 6.45) is 5.79. The maximum absolute atomic E-state index is 13.8. The Bertz CT molecular complexity index is 662. The first-order valence-corrected chi connectivity index (χ1v) is 7.83. The average molecular weight is 288 g/mol. The van der Waals surface area contributed by atoms with Crippen molar-refractivity contribution >= 4 is 11.5 Å². The number of nitrogens with one attached hydrogen (secondary N) is 1. The molecule has 0 aromatic carbocycles. The van der Waals surface area contributed by atoms with Crippen LogP contribution in [0.25, 0.3) is 5.65 Å². The van der Waals surface area contributed by atoms with Gasteiger partial charge in [-0.15, -0.1) is 0 Å². The zero-order chi connectivity index (χ0) is 14.4. The summed E-state index contributed by atoms with van der Waals surface area (Å²) in [5.41, 5.74) is 1.29. The van der Waals surface area contributed by atoms with Gasteiger partial charge >= 0.3 is 0 Å². The summed E-state index contributed by atoms with van der Waals surface area (Å²) in [5, 5.41) is 3.62. The fraction of sp³-hybridized carbons (Fsp3) is 0.562. The summed E-state index contributed by atoms with van der Waals surface area (Å²) >= 11 is 0. The van der Waals surface area contributed by atoms with Crippen molar-refractivity contribution in [1.82, 2.24) is 14.7 Å². The van der Waals surface area contributed by atoms with Gasteiger partial charge < -0.3 is 10.2 Å². The van der Waals surface area contributed by atoms with E-state index in [1.807, 2.05) is 23.6 Å². The summed E-state index contributed by atoms with van der Waals surface area (Å²) in [4.78, 5) is 6.63. The Morgan fingerprint density at radius 2 is 2.19 bits per heavy atom. The van der Waals surface area contributed by atoms with Gasteiger partial charge in [-0.3, -0.25) is 4.40 Å². The van der Waals surface area contributed by atoms with E-state index in [0.717, 1.165) is 37.2 Å². The van der Waals surface area contributed by atoms with Crippen molar-refractivity contribution in [3.8, 4) is 0 Å². The highest BCUT2D eigenvalue weighted by Gasteiger charge is 2.27. The number of fused-ring (bicyclic) bond motifs is 1. The third-order valence-corrected chi connectivity index (χ3v) is 4.55. The first kappa shape index (κ1) is 13.1. The molecule has 112 valence electrons. The van der Waals surface area contributed by atoms with Crippen molar-refractivity contribution in [3.63, 3.8) is 0 Å². The Labute approximate surface area is 124 Å². The molecule has 1 aliphatic heterocycles. The van der Waals surface area contributed by atoms with Gasteiger partial charge in [0.2, 0.25) is 0 Å². The van der Waals surface area contributed by atoms with Crippen molar-refractivity contribution < 1.29 is 4.39 Å². The number of halogens is 1. The van der Waals surface area contributed by atoms with Crippen LogP contribution in [-0.4, -0.2) is 35.1 Å². The van der Waals surface area contributed by atoms with Gasteiger partial charge in [-0.1, -0.05) is 0 Å². The molecule has 2 aliphatic rings. The summed E-state index contributed by atoms with van der Waals surface area (Å²) < 4.78 is 15.7. The Morgan fingerprint density at radius 1 is 1.33 bits per heavy atom. The lowest BCUT2D eigenvalue weighted by atomic mass is 10.1. The molecule has 4 rings (SSSR count). The van der Waals surface area contributed by atoms with E-state index >= 15 is 0 Å². The first-order chi connectivity index (χ1) is 10.2. The zero-order valence-corrected chi connectivity index (χ0v) is 12.3. The molecule has 3 heterocycles. The van der Waals surface area contributed by atoms with Gasteiger partial charge in [-0.25, -0.2) is 9.37 Å². The summed E-state index contributed by atoms with van der Waals surface area (Å²) in [7, 11) is 0. The molecule has 2 aromatic heterocycles. The lowest BCUT2D eigenvalue weighted by Crippen LogP contribution is -2.28. The molecule has 4 nitrogen and oxygen atoms in total. The summed E-state index contributed by atoms with van der Waals surface area (Å²) in [5.74, 6) is 1.49. The van der Waals surface area contributed by atoms with Crippen molar-refractivity contribution in [1.29, 1.82) is 0 Å². The van der Waals surface area contributed by atoms with E-state index in [2.05, 4.69) is 15.2 Å². The predicted molar refractivity (Wildman–Crippen MR) is 81.2 cm³/mol. The highest BCUT2D eigenvalue weighted by Crippen LogP contribution is 2.27. The number of anilines is 1. The molecule has 0 amide bonds. The largest absolute Gasteiger partial charge is 0.357 e. The molecule has 1 N–H and O–H groups in total. The SMILES string of the molecule is Cc1cn2c(N3CC[C@H](CNC4CC4)C3)ccc(F)c2n1. The molecule has 1 atom stereocenters. The van der Waals surface area contributed by atoms with Crippen LogP contribution in [0.2, 0.25) is 0 Å². The van der Waals surface area contributed by atoms with E-state index in [1.165, 1.54) is 25.3 Å². The van der Waals surface area contributed by atoms with Crippen molar-refractivity contribution in [2.45, 2.75) is 32.2 Å². The van der Waals surface area contributed by atoms with E-state index < -0.39 is 0 Å². The minimum atomic E-state index is -0.252. The highest BCUT2D eigenvalue weighted by molar-refractivity contribution is 5.54. The molecule has 1 saturated heterocycles. The highest BCUT2D eigenvalue weighted by atomic mass is 19.1. The van der Waals surface area contributed by atoms with Gasteiger partial charge in [0.05, 0.1) is 5.69 Å². The molecular weight excluding hydrogens is 267 g/mol. The van der Waals surface area contributed by atoms with Crippen LogP contribution >= 0.6 is 0 Å². The van der Waals surface area contributed by atoms with E-state index in [4.69, 9.17) is 0 Å². The molecule has 1 saturated carbocycles. The molecule has 0 unspecified atom stereocenters. The van der Waals surface area contributed by atoms with E-state index in [9.17, 15) is 4.39 Å². The number of aryl methyl sites for hydroxylation is 1. The number of nitrogens with zero attached hydrogens (tertiary/aromatic N) is 3. The van der Waals surface area contributed by atoms with E-state index in [1.54, 1.807) is 0 Å². The smallest absolute Gasteiger partial charge is 0.175 e. The maximum Gasteiger partial charge on any atom is 0.175 e. The van der Waals surface area contributed by atoms with Crippen LogP contribution < -0.4 is 10.2 Å². The van der Waals surface area contributed by atoms with Gasteiger partial charge in [0.15, 0.2) is 11.5 Å². The minimum Gasteiger partial charge on any atom is -0.357 e. The van der Waals surface area contributed by atoms with Gasteiger partial charge in [-0.05, 0) is 50.8 Å². The van der Waals surface area contributed by atoms with Gasteiger partial charge in [0.25, 0.3) is 0 Å². The summed E-state index contributed by atoms with van der Waals surface area (Å²) in [6.45, 7) is 5.09. The van der Waals surface area contributed by atoms with E-state index in [-0.39, 0.29) is 5.82 Å². The van der Waals surface area contributed by atoms with Crippen LogP contribution in [0.3, 0.4) is 0 Å². The van der Waals surface area contributed by atoms with Gasteiger partial charge in [0.1, 0.15) is 5.82 Å². The molecule has 0 spiro atoms. The molecule has 5 heteroatoms. The summed E-state index contributed by atoms with van der Waals surface area (Å²) in [6, 6.07) is 4.18. The van der Waals surface area contributed by atoms with Gasteiger partial charge in [0, 0.05) is 25.3 Å². The molecular formula is C16H21FN4. The van der Waals surface area contributed by atoms with Crippen LogP contribution in [0.1, 0.15) is 25.0 Å². The lowest BCUT2D eigenvalue weighted by molar-refractivity contribution is 0.514. The molecule has 2 aromatic rings. The molecule has 21 heavy (non-hydrogen) atoms. The molecule has 0 bridgehead atoms. The van der Waals surface area contributed by atoms with Crippen LogP contribution in [0.5, 0.6) is 0 Å². The number of imidazole rings is 1. The monoisotopic (exact) mass is 288 g/mol.